The smallest absolute Gasteiger partial charge is 0.349 e. The van der Waals surface area contributed by atoms with Crippen LogP contribution >= 0.6 is 0 Å². The lowest BCUT2D eigenvalue weighted by Gasteiger charge is -2.27. The van der Waals surface area contributed by atoms with Crippen LogP contribution in [0.25, 0.3) is 0 Å². The van der Waals surface area contributed by atoms with Gasteiger partial charge in [0.1, 0.15) is 34.6 Å². The Kier molecular flexibility index (Phi) is 6.69. The van der Waals surface area contributed by atoms with Gasteiger partial charge in [-0.05, 0) is 37.6 Å². The van der Waals surface area contributed by atoms with Crippen molar-refractivity contribution in [2.24, 2.45) is 5.73 Å². The molecule has 1 atom stereocenters. The lowest BCUT2D eigenvalue weighted by Crippen LogP contribution is -2.22. The number of aryl methyl sites for hydroxylation is 1. The molecule has 1 heterocycles. The predicted molar refractivity (Wildman–Crippen MR) is 126 cm³/mol. The number of nitriles is 1. The van der Waals surface area contributed by atoms with Crippen molar-refractivity contribution in [3.05, 3.63) is 94.9 Å². The van der Waals surface area contributed by atoms with Gasteiger partial charge in [-0.3, -0.25) is 0 Å². The number of esters is 1. The molecule has 4 rings (SSSR count). The van der Waals surface area contributed by atoms with E-state index in [2.05, 4.69) is 6.07 Å². The van der Waals surface area contributed by atoms with Gasteiger partial charge < -0.3 is 24.7 Å². The zero-order chi connectivity index (χ0) is 24.1. The van der Waals surface area contributed by atoms with Crippen LogP contribution in [0.2, 0.25) is 0 Å². The van der Waals surface area contributed by atoms with Crippen molar-refractivity contribution >= 4 is 5.97 Å². The fraction of sp³-hybridized carbons (Fsp3) is 0.185. The average molecular weight is 456 g/mol. The number of carbonyl (C=O) groups excluding carboxylic acids is 1. The highest BCUT2D eigenvalue weighted by atomic mass is 16.6. The molecule has 3 aromatic carbocycles. The SMILES string of the molecule is CCOc1ccccc1C1C(C#N)=C(N)Oc2cc(OC(=O)COc3ccccc3C)ccc21. The van der Waals surface area contributed by atoms with E-state index in [1.54, 1.807) is 24.3 Å². The van der Waals surface area contributed by atoms with Gasteiger partial charge in [-0.25, -0.2) is 4.79 Å². The molecule has 0 saturated carbocycles. The van der Waals surface area contributed by atoms with Gasteiger partial charge in [0.15, 0.2) is 6.61 Å². The summed E-state index contributed by atoms with van der Waals surface area (Å²) in [6.45, 7) is 4.03. The average Bonchev–Trinajstić information content (AvgIpc) is 2.83. The highest BCUT2D eigenvalue weighted by Crippen LogP contribution is 2.45. The molecule has 1 unspecified atom stereocenters. The molecule has 0 spiro atoms. The summed E-state index contributed by atoms with van der Waals surface area (Å²) in [5.41, 5.74) is 8.82. The number of ether oxygens (including phenoxy) is 4. The predicted octanol–water partition coefficient (Wildman–Crippen LogP) is 4.60. The highest BCUT2D eigenvalue weighted by Gasteiger charge is 2.32. The Balaban J connectivity index is 1.59. The van der Waals surface area contributed by atoms with E-state index in [1.807, 2.05) is 56.3 Å². The Morgan fingerprint density at radius 1 is 1.03 bits per heavy atom. The number of nitrogens with two attached hydrogens (primary N) is 1. The third-order valence-corrected chi connectivity index (χ3v) is 5.39. The zero-order valence-electron chi connectivity index (χ0n) is 18.9. The van der Waals surface area contributed by atoms with E-state index < -0.39 is 11.9 Å². The van der Waals surface area contributed by atoms with E-state index in [0.29, 0.717) is 29.4 Å². The molecule has 34 heavy (non-hydrogen) atoms. The van der Waals surface area contributed by atoms with Crippen molar-refractivity contribution in [2.75, 3.05) is 13.2 Å². The molecule has 1 aliphatic rings. The van der Waals surface area contributed by atoms with E-state index in [1.165, 1.54) is 0 Å². The molecule has 2 N–H and O–H groups in total. The molecule has 0 fully saturated rings. The first-order valence-corrected chi connectivity index (χ1v) is 10.8. The lowest BCUT2D eigenvalue weighted by molar-refractivity contribution is -0.136. The van der Waals surface area contributed by atoms with Crippen molar-refractivity contribution in [2.45, 2.75) is 19.8 Å². The first-order valence-electron chi connectivity index (χ1n) is 10.8. The van der Waals surface area contributed by atoms with Crippen molar-refractivity contribution in [3.63, 3.8) is 0 Å². The molecular weight excluding hydrogens is 432 g/mol. The molecule has 0 radical (unpaired) electrons. The van der Waals surface area contributed by atoms with E-state index in [4.69, 9.17) is 24.7 Å². The van der Waals surface area contributed by atoms with Crippen LogP contribution in [0.5, 0.6) is 23.0 Å². The molecule has 0 aliphatic carbocycles. The Hall–Kier alpha value is -4.44. The van der Waals surface area contributed by atoms with E-state index in [-0.39, 0.29) is 23.8 Å². The number of nitrogens with zero attached hydrogens (tertiary/aromatic N) is 1. The van der Waals surface area contributed by atoms with Crippen LogP contribution in [0.4, 0.5) is 0 Å². The molecular formula is C27H24N2O5. The van der Waals surface area contributed by atoms with E-state index in [9.17, 15) is 10.1 Å². The van der Waals surface area contributed by atoms with Crippen LogP contribution in [-0.4, -0.2) is 19.2 Å². The fourth-order valence-electron chi connectivity index (χ4n) is 3.84. The zero-order valence-corrected chi connectivity index (χ0v) is 18.9. The molecule has 3 aromatic rings. The Labute approximate surface area is 197 Å². The molecule has 0 amide bonds. The number of allylic oxidation sites excluding steroid dienone is 1. The first-order chi connectivity index (χ1) is 16.5. The standard InChI is InChI=1S/C27H24N2O5/c1-3-31-23-11-7-5-9-19(23)26-20-13-12-18(14-24(20)34-27(29)21(26)15-28)33-25(30)16-32-22-10-6-4-8-17(22)2/h4-14,26H,3,16,29H2,1-2H3. The molecule has 0 saturated heterocycles. The molecule has 0 aromatic heterocycles. The number of para-hydroxylation sites is 2. The lowest BCUT2D eigenvalue weighted by atomic mass is 9.83. The number of fused-ring (bicyclic) bond motifs is 1. The largest absolute Gasteiger partial charge is 0.494 e. The van der Waals surface area contributed by atoms with Crippen LogP contribution in [0, 0.1) is 18.3 Å². The third kappa shape index (κ3) is 4.66. The summed E-state index contributed by atoms with van der Waals surface area (Å²) in [6, 6.07) is 22.1. The third-order valence-electron chi connectivity index (χ3n) is 5.39. The van der Waals surface area contributed by atoms with Gasteiger partial charge in [-0.1, -0.05) is 42.5 Å². The fourth-order valence-corrected chi connectivity index (χ4v) is 3.84. The first kappa shape index (κ1) is 22.7. The van der Waals surface area contributed by atoms with E-state index >= 15 is 0 Å². The number of carbonyl (C=O) groups is 1. The summed E-state index contributed by atoms with van der Waals surface area (Å²) >= 11 is 0. The Morgan fingerprint density at radius 3 is 2.50 bits per heavy atom. The van der Waals surface area contributed by atoms with Gasteiger partial charge in [-0.15, -0.1) is 0 Å². The van der Waals surface area contributed by atoms with Crippen molar-refractivity contribution < 1.29 is 23.7 Å². The molecule has 172 valence electrons. The van der Waals surface area contributed by atoms with E-state index in [0.717, 1.165) is 11.1 Å². The number of benzene rings is 3. The van der Waals surface area contributed by atoms with Gasteiger partial charge in [0.05, 0.1) is 12.5 Å². The van der Waals surface area contributed by atoms with Crippen molar-refractivity contribution in [1.82, 2.24) is 0 Å². The van der Waals surface area contributed by atoms with Crippen molar-refractivity contribution in [3.8, 4) is 29.1 Å². The minimum atomic E-state index is -0.557. The van der Waals surface area contributed by atoms with Crippen LogP contribution in [0.1, 0.15) is 29.5 Å². The van der Waals surface area contributed by atoms with Gasteiger partial charge in [0.25, 0.3) is 0 Å². The maximum Gasteiger partial charge on any atom is 0.349 e. The molecule has 7 heteroatoms. The van der Waals surface area contributed by atoms with Gasteiger partial charge in [0.2, 0.25) is 5.88 Å². The number of rotatable bonds is 7. The molecule has 1 aliphatic heterocycles. The monoisotopic (exact) mass is 456 g/mol. The van der Waals surface area contributed by atoms with Crippen molar-refractivity contribution in [1.29, 1.82) is 5.26 Å². The maximum atomic E-state index is 12.3. The summed E-state index contributed by atoms with van der Waals surface area (Å²) < 4.78 is 22.5. The van der Waals surface area contributed by atoms with Crippen LogP contribution in [0.3, 0.4) is 0 Å². The number of hydrogen-bond acceptors (Lipinski definition) is 7. The summed E-state index contributed by atoms with van der Waals surface area (Å²) in [7, 11) is 0. The second-order valence-corrected chi connectivity index (χ2v) is 7.62. The Bertz CT molecular complexity index is 1290. The maximum absolute atomic E-state index is 12.3. The summed E-state index contributed by atoms with van der Waals surface area (Å²) in [5, 5.41) is 9.79. The number of hydrogen-bond donors (Lipinski definition) is 1. The normalized spacial score (nSPS) is 14.4. The second-order valence-electron chi connectivity index (χ2n) is 7.62. The minimum Gasteiger partial charge on any atom is -0.494 e. The highest BCUT2D eigenvalue weighted by molar-refractivity contribution is 5.74. The van der Waals surface area contributed by atoms with Gasteiger partial charge in [-0.2, -0.15) is 5.26 Å². The summed E-state index contributed by atoms with van der Waals surface area (Å²) in [5.74, 6) is 0.917. The summed E-state index contributed by atoms with van der Waals surface area (Å²) in [4.78, 5) is 12.3. The summed E-state index contributed by atoms with van der Waals surface area (Å²) in [6.07, 6.45) is 0. The van der Waals surface area contributed by atoms with Crippen LogP contribution in [-0.2, 0) is 4.79 Å². The van der Waals surface area contributed by atoms with Crippen LogP contribution in [0.15, 0.2) is 78.2 Å². The Morgan fingerprint density at radius 2 is 1.76 bits per heavy atom. The molecule has 0 bridgehead atoms. The quantitative estimate of drug-likeness (QED) is 0.409. The second kappa shape index (κ2) is 10.0. The van der Waals surface area contributed by atoms with Crippen LogP contribution < -0.4 is 24.7 Å². The van der Waals surface area contributed by atoms with Gasteiger partial charge >= 0.3 is 5.97 Å². The topological polar surface area (TPSA) is 104 Å². The minimum absolute atomic E-state index is 0.00216. The van der Waals surface area contributed by atoms with Gasteiger partial charge in [0, 0.05) is 17.2 Å². The molecule has 7 nitrogen and oxygen atoms in total.